The topological polar surface area (TPSA) is 83.3 Å². The van der Waals surface area contributed by atoms with Crippen LogP contribution in [0.15, 0.2) is 36.9 Å². The fraction of sp³-hybridized carbons (Fsp3) is 0.458. The molecule has 170 valence electrons. The van der Waals surface area contributed by atoms with Gasteiger partial charge in [0.15, 0.2) is 29.0 Å². The first-order valence-electron chi connectivity index (χ1n) is 11.2. The maximum absolute atomic E-state index is 14.1. The molecule has 0 radical (unpaired) electrons. The predicted octanol–water partition coefficient (Wildman–Crippen LogP) is 3.40. The Kier molecular flexibility index (Phi) is 4.83. The second kappa shape index (κ2) is 7.76. The molecule has 0 bridgehead atoms. The minimum atomic E-state index is -0.794. The predicted molar refractivity (Wildman–Crippen MR) is 118 cm³/mol. The quantitative estimate of drug-likeness (QED) is 0.614. The van der Waals surface area contributed by atoms with Crippen molar-refractivity contribution in [1.29, 1.82) is 0 Å². The second-order valence-electron chi connectivity index (χ2n) is 9.08. The molecular weight excluding hydrogens is 425 g/mol. The first-order chi connectivity index (χ1) is 16.0. The maximum atomic E-state index is 14.1. The van der Waals surface area contributed by atoms with Crippen LogP contribution < -0.4 is 5.32 Å². The normalized spacial score (nSPS) is 28.2. The van der Waals surface area contributed by atoms with Crippen molar-refractivity contribution in [2.24, 2.45) is 0 Å². The van der Waals surface area contributed by atoms with Gasteiger partial charge in [0.25, 0.3) is 0 Å². The van der Waals surface area contributed by atoms with Crippen LogP contribution in [0.2, 0.25) is 0 Å². The number of hydrogen-bond acceptors (Lipinski definition) is 7. The van der Waals surface area contributed by atoms with E-state index in [4.69, 9.17) is 14.2 Å². The molecule has 6 rings (SSSR count). The van der Waals surface area contributed by atoms with Crippen molar-refractivity contribution in [2.45, 2.75) is 69.5 Å². The Morgan fingerprint density at radius 1 is 1.12 bits per heavy atom. The van der Waals surface area contributed by atoms with Gasteiger partial charge in [-0.3, -0.25) is 4.57 Å². The van der Waals surface area contributed by atoms with Crippen LogP contribution in [-0.2, 0) is 14.2 Å². The van der Waals surface area contributed by atoms with E-state index < -0.39 is 30.3 Å². The van der Waals surface area contributed by atoms with Crippen molar-refractivity contribution in [1.82, 2.24) is 19.5 Å². The monoisotopic (exact) mass is 449 g/mol. The Labute approximate surface area is 190 Å². The number of imidazole rings is 1. The molecular formula is C24H24FN5O3. The summed E-state index contributed by atoms with van der Waals surface area (Å²) in [4.78, 5) is 13.4. The lowest BCUT2D eigenvalue weighted by Crippen LogP contribution is -2.28. The molecule has 4 heterocycles. The van der Waals surface area contributed by atoms with E-state index in [1.807, 2.05) is 18.4 Å². The van der Waals surface area contributed by atoms with Gasteiger partial charge < -0.3 is 19.5 Å². The highest BCUT2D eigenvalue weighted by atomic mass is 19.1. The van der Waals surface area contributed by atoms with Crippen LogP contribution in [0.3, 0.4) is 0 Å². The molecule has 2 aromatic heterocycles. The lowest BCUT2D eigenvalue weighted by atomic mass is 9.93. The first kappa shape index (κ1) is 20.5. The maximum Gasteiger partial charge on any atom is 0.167 e. The third-order valence-electron chi connectivity index (χ3n) is 6.33. The number of hydrogen-bond donors (Lipinski definition) is 1. The molecule has 1 aromatic carbocycles. The van der Waals surface area contributed by atoms with Crippen LogP contribution in [0.25, 0.3) is 11.2 Å². The Balaban J connectivity index is 1.34. The molecule has 2 saturated heterocycles. The van der Waals surface area contributed by atoms with Gasteiger partial charge in [-0.25, -0.2) is 19.3 Å². The van der Waals surface area contributed by atoms with E-state index in [0.29, 0.717) is 22.8 Å². The molecule has 1 saturated carbocycles. The summed E-state index contributed by atoms with van der Waals surface area (Å²) in [6.45, 7) is 3.72. The van der Waals surface area contributed by atoms with Crippen LogP contribution in [0, 0.1) is 17.7 Å². The molecule has 0 spiro atoms. The van der Waals surface area contributed by atoms with Gasteiger partial charge in [-0.05, 0) is 45.2 Å². The van der Waals surface area contributed by atoms with Crippen molar-refractivity contribution < 1.29 is 18.6 Å². The average molecular weight is 449 g/mol. The van der Waals surface area contributed by atoms with Gasteiger partial charge in [0.05, 0.1) is 11.9 Å². The van der Waals surface area contributed by atoms with Crippen molar-refractivity contribution in [3.63, 3.8) is 0 Å². The summed E-state index contributed by atoms with van der Waals surface area (Å²) in [6.07, 6.45) is 4.69. The number of nitrogens with zero attached hydrogens (tertiary/aromatic N) is 4. The summed E-state index contributed by atoms with van der Waals surface area (Å²) in [7, 11) is 0. The van der Waals surface area contributed by atoms with E-state index in [1.54, 1.807) is 24.5 Å². The van der Waals surface area contributed by atoms with Gasteiger partial charge in [0.2, 0.25) is 0 Å². The summed E-state index contributed by atoms with van der Waals surface area (Å²) < 4.78 is 34.5. The molecule has 0 amide bonds. The standard InChI is InChI=1S/C24H24FN5O3/c1-24(2)32-19-17(11-10-14-6-3-4-9-16(14)25)31-23(20(19)33-24)30-13-28-18-21(26-12-27-22(18)30)29-15-7-5-8-15/h3-4,6,9,12-13,15,17,19-20,23H,5,7-8H2,1-2H3,(H,26,27,29)/t17-,19-,20-,23-/m1/s1. The Bertz CT molecular complexity index is 1260. The largest absolute Gasteiger partial charge is 0.365 e. The van der Waals surface area contributed by atoms with E-state index >= 15 is 0 Å². The van der Waals surface area contributed by atoms with Gasteiger partial charge in [0, 0.05) is 6.04 Å². The number of halogens is 1. The SMILES string of the molecule is CC1(C)O[C@@H]2[C@H](O1)[C@@H](C#Cc1ccccc1F)O[C@H]2n1cnc2c(NC3CCC3)ncnc21. The van der Waals surface area contributed by atoms with Crippen molar-refractivity contribution >= 4 is 17.0 Å². The minimum Gasteiger partial charge on any atom is -0.365 e. The summed E-state index contributed by atoms with van der Waals surface area (Å²) >= 11 is 0. The molecule has 2 aliphatic heterocycles. The average Bonchev–Trinajstić information content (AvgIpc) is 3.41. The van der Waals surface area contributed by atoms with E-state index in [9.17, 15) is 4.39 Å². The zero-order valence-corrected chi connectivity index (χ0v) is 18.4. The summed E-state index contributed by atoms with van der Waals surface area (Å²) in [5.41, 5.74) is 1.64. The van der Waals surface area contributed by atoms with Gasteiger partial charge in [-0.1, -0.05) is 24.0 Å². The van der Waals surface area contributed by atoms with E-state index in [2.05, 4.69) is 32.1 Å². The summed E-state index contributed by atoms with van der Waals surface area (Å²) in [5.74, 6) is 5.49. The Morgan fingerprint density at radius 2 is 1.94 bits per heavy atom. The van der Waals surface area contributed by atoms with Crippen LogP contribution in [0.1, 0.15) is 44.9 Å². The van der Waals surface area contributed by atoms with Crippen molar-refractivity contribution in [3.8, 4) is 11.8 Å². The Hall–Kier alpha value is -3.06. The van der Waals surface area contributed by atoms with Gasteiger partial charge in [-0.15, -0.1) is 0 Å². The lowest BCUT2D eigenvalue weighted by molar-refractivity contribution is -0.190. The fourth-order valence-electron chi connectivity index (χ4n) is 4.52. The first-order valence-corrected chi connectivity index (χ1v) is 11.2. The summed E-state index contributed by atoms with van der Waals surface area (Å²) in [6, 6.07) is 6.83. The molecule has 9 heteroatoms. The molecule has 33 heavy (non-hydrogen) atoms. The van der Waals surface area contributed by atoms with Crippen LogP contribution in [0.4, 0.5) is 10.2 Å². The third kappa shape index (κ3) is 3.64. The number of nitrogens with one attached hydrogen (secondary N) is 1. The molecule has 0 unspecified atom stereocenters. The molecule has 3 aliphatic rings. The van der Waals surface area contributed by atoms with Crippen LogP contribution in [0.5, 0.6) is 0 Å². The number of benzene rings is 1. The van der Waals surface area contributed by atoms with Gasteiger partial charge >= 0.3 is 0 Å². The number of fused-ring (bicyclic) bond motifs is 2. The number of aromatic nitrogens is 4. The highest BCUT2D eigenvalue weighted by molar-refractivity contribution is 5.82. The van der Waals surface area contributed by atoms with Crippen LogP contribution in [-0.4, -0.2) is 49.7 Å². The van der Waals surface area contributed by atoms with Gasteiger partial charge in [0.1, 0.15) is 30.5 Å². The van der Waals surface area contributed by atoms with E-state index in [1.165, 1.54) is 18.8 Å². The molecule has 1 aliphatic carbocycles. The summed E-state index contributed by atoms with van der Waals surface area (Å²) in [5, 5.41) is 3.46. The van der Waals surface area contributed by atoms with Crippen molar-refractivity contribution in [3.05, 3.63) is 48.3 Å². The minimum absolute atomic E-state index is 0.312. The van der Waals surface area contributed by atoms with Crippen LogP contribution >= 0.6 is 0 Å². The fourth-order valence-corrected chi connectivity index (χ4v) is 4.52. The molecule has 8 nitrogen and oxygen atoms in total. The third-order valence-corrected chi connectivity index (χ3v) is 6.33. The molecule has 3 fully saturated rings. The highest BCUT2D eigenvalue weighted by Gasteiger charge is 2.56. The van der Waals surface area contributed by atoms with E-state index in [-0.39, 0.29) is 5.82 Å². The molecule has 3 aromatic rings. The molecule has 4 atom stereocenters. The second-order valence-corrected chi connectivity index (χ2v) is 9.08. The Morgan fingerprint density at radius 3 is 2.73 bits per heavy atom. The zero-order valence-electron chi connectivity index (χ0n) is 18.4. The number of anilines is 1. The smallest absolute Gasteiger partial charge is 0.167 e. The number of ether oxygens (including phenoxy) is 3. The van der Waals surface area contributed by atoms with Gasteiger partial charge in [-0.2, -0.15) is 0 Å². The van der Waals surface area contributed by atoms with Crippen molar-refractivity contribution in [2.75, 3.05) is 5.32 Å². The van der Waals surface area contributed by atoms with E-state index in [0.717, 1.165) is 18.7 Å². The molecule has 1 N–H and O–H groups in total. The lowest BCUT2D eigenvalue weighted by Gasteiger charge is -2.26. The number of rotatable bonds is 3. The zero-order chi connectivity index (χ0) is 22.6. The highest BCUT2D eigenvalue weighted by Crippen LogP contribution is 2.43.